The minimum atomic E-state index is 0.631. The zero-order chi connectivity index (χ0) is 16.2. The Kier molecular flexibility index (Phi) is 4.84. The van der Waals surface area contributed by atoms with Crippen LogP contribution in [-0.4, -0.2) is 16.6 Å². The number of benzene rings is 2. The number of fused-ring (bicyclic) bond motifs is 1. The molecule has 0 aliphatic rings. The van der Waals surface area contributed by atoms with Crippen molar-refractivity contribution < 1.29 is 0 Å². The van der Waals surface area contributed by atoms with Crippen LogP contribution >= 0.6 is 23.8 Å². The van der Waals surface area contributed by atoms with Crippen LogP contribution in [0.2, 0.25) is 5.02 Å². The molecule has 1 heterocycles. The highest BCUT2D eigenvalue weighted by Crippen LogP contribution is 2.25. The van der Waals surface area contributed by atoms with E-state index in [0.717, 1.165) is 29.2 Å². The van der Waals surface area contributed by atoms with Crippen LogP contribution in [0.15, 0.2) is 48.5 Å². The molecule has 0 spiro atoms. The smallest absolute Gasteiger partial charge is 0.170 e. The molecule has 0 amide bonds. The van der Waals surface area contributed by atoms with Gasteiger partial charge in [-0.3, -0.25) is 0 Å². The van der Waals surface area contributed by atoms with Crippen LogP contribution < -0.4 is 10.6 Å². The van der Waals surface area contributed by atoms with E-state index in [1.807, 2.05) is 48.5 Å². The lowest BCUT2D eigenvalue weighted by Crippen LogP contribution is -2.30. The van der Waals surface area contributed by atoms with E-state index in [-0.39, 0.29) is 0 Å². The number of para-hydroxylation sites is 1. The molecular weight excluding hydrogens is 326 g/mol. The lowest BCUT2D eigenvalue weighted by Gasteiger charge is -2.10. The third-order valence-electron chi connectivity index (χ3n) is 3.77. The van der Waals surface area contributed by atoms with Gasteiger partial charge in [-0.25, -0.2) is 0 Å². The first-order valence-electron chi connectivity index (χ1n) is 7.50. The Bertz CT molecular complexity index is 827. The third-order valence-corrected chi connectivity index (χ3v) is 4.26. The van der Waals surface area contributed by atoms with Gasteiger partial charge >= 0.3 is 0 Å². The van der Waals surface area contributed by atoms with Crippen LogP contribution in [0.1, 0.15) is 11.3 Å². The highest BCUT2D eigenvalue weighted by atomic mass is 35.5. The van der Waals surface area contributed by atoms with Gasteiger partial charge in [-0.1, -0.05) is 29.8 Å². The van der Waals surface area contributed by atoms with Crippen LogP contribution in [0.4, 0.5) is 5.69 Å². The molecule has 0 atom stereocenters. The van der Waals surface area contributed by atoms with Crippen LogP contribution in [0.3, 0.4) is 0 Å². The fourth-order valence-corrected chi connectivity index (χ4v) is 3.07. The van der Waals surface area contributed by atoms with Gasteiger partial charge in [0.1, 0.15) is 0 Å². The molecular formula is C18H18ClN3S. The minimum absolute atomic E-state index is 0.631. The monoisotopic (exact) mass is 343 g/mol. The minimum Gasteiger partial charge on any atom is -0.362 e. The van der Waals surface area contributed by atoms with Gasteiger partial charge in [-0.15, -0.1) is 0 Å². The van der Waals surface area contributed by atoms with Crippen molar-refractivity contribution >= 4 is 45.5 Å². The molecule has 0 fully saturated rings. The summed E-state index contributed by atoms with van der Waals surface area (Å²) >= 11 is 11.4. The Balaban J connectivity index is 1.61. The zero-order valence-electron chi connectivity index (χ0n) is 12.8. The number of aromatic nitrogens is 1. The number of nitrogens with one attached hydrogen (secondary N) is 3. The van der Waals surface area contributed by atoms with E-state index in [9.17, 15) is 0 Å². The van der Waals surface area contributed by atoms with E-state index in [2.05, 4.69) is 22.5 Å². The van der Waals surface area contributed by atoms with Gasteiger partial charge < -0.3 is 15.6 Å². The summed E-state index contributed by atoms with van der Waals surface area (Å²) in [5.41, 5.74) is 4.55. The summed E-state index contributed by atoms with van der Waals surface area (Å²) in [5, 5.41) is 8.99. The predicted molar refractivity (Wildman–Crippen MR) is 102 cm³/mol. The molecule has 3 aromatic rings. The van der Waals surface area contributed by atoms with Gasteiger partial charge in [0, 0.05) is 33.9 Å². The van der Waals surface area contributed by atoms with Crippen LogP contribution in [0.25, 0.3) is 10.9 Å². The average Bonchev–Trinajstić information content (AvgIpc) is 2.84. The van der Waals surface area contributed by atoms with E-state index in [4.69, 9.17) is 23.8 Å². The number of thiocarbonyl (C=S) groups is 1. The Hall–Kier alpha value is -2.04. The molecule has 118 valence electrons. The molecule has 3 rings (SSSR count). The lowest BCUT2D eigenvalue weighted by atomic mass is 10.1. The molecule has 0 saturated carbocycles. The lowest BCUT2D eigenvalue weighted by molar-refractivity contribution is 0.871. The van der Waals surface area contributed by atoms with Crippen LogP contribution in [-0.2, 0) is 6.42 Å². The first kappa shape index (κ1) is 15.8. The van der Waals surface area contributed by atoms with Gasteiger partial charge in [0.2, 0.25) is 0 Å². The summed E-state index contributed by atoms with van der Waals surface area (Å²) in [7, 11) is 0. The van der Waals surface area contributed by atoms with E-state index >= 15 is 0 Å². The average molecular weight is 344 g/mol. The molecule has 0 aliphatic heterocycles. The van der Waals surface area contributed by atoms with Crippen LogP contribution in [0.5, 0.6) is 0 Å². The second kappa shape index (κ2) is 7.02. The Morgan fingerprint density at radius 2 is 1.96 bits per heavy atom. The maximum atomic E-state index is 6.11. The summed E-state index contributed by atoms with van der Waals surface area (Å²) in [5.74, 6) is 0. The van der Waals surface area contributed by atoms with Gasteiger partial charge in [0.05, 0.1) is 0 Å². The maximum Gasteiger partial charge on any atom is 0.170 e. The Morgan fingerprint density at radius 1 is 1.17 bits per heavy atom. The molecule has 1 aromatic heterocycles. The van der Waals surface area contributed by atoms with Crippen LogP contribution in [0, 0.1) is 6.92 Å². The van der Waals surface area contributed by atoms with Crippen molar-refractivity contribution in [2.75, 3.05) is 11.9 Å². The van der Waals surface area contributed by atoms with E-state index < -0.39 is 0 Å². The topological polar surface area (TPSA) is 39.9 Å². The molecule has 3 N–H and O–H groups in total. The number of anilines is 1. The second-order valence-electron chi connectivity index (χ2n) is 5.42. The highest BCUT2D eigenvalue weighted by molar-refractivity contribution is 7.80. The summed E-state index contributed by atoms with van der Waals surface area (Å²) < 4.78 is 0. The number of hydrogen-bond acceptors (Lipinski definition) is 1. The number of halogens is 1. The van der Waals surface area contributed by atoms with E-state index in [0.29, 0.717) is 5.11 Å². The Morgan fingerprint density at radius 3 is 2.74 bits per heavy atom. The van der Waals surface area contributed by atoms with Crippen molar-refractivity contribution in [1.82, 2.24) is 10.3 Å². The summed E-state index contributed by atoms with van der Waals surface area (Å²) in [6.07, 6.45) is 0.878. The maximum absolute atomic E-state index is 6.11. The van der Waals surface area contributed by atoms with E-state index in [1.165, 1.54) is 16.6 Å². The summed E-state index contributed by atoms with van der Waals surface area (Å²) in [4.78, 5) is 3.40. The molecule has 0 saturated heterocycles. The molecule has 0 unspecified atom stereocenters. The number of H-pyrrole nitrogens is 1. The van der Waals surface area contributed by atoms with Crippen molar-refractivity contribution in [3.8, 4) is 0 Å². The fraction of sp³-hybridized carbons (Fsp3) is 0.167. The predicted octanol–water partition coefficient (Wildman–Crippen LogP) is 4.66. The van der Waals surface area contributed by atoms with Gasteiger partial charge in [-0.05, 0) is 61.5 Å². The van der Waals surface area contributed by atoms with Gasteiger partial charge in [-0.2, -0.15) is 0 Å². The molecule has 0 radical (unpaired) electrons. The first-order valence-corrected chi connectivity index (χ1v) is 8.29. The molecule has 5 heteroatoms. The Labute approximate surface area is 146 Å². The largest absolute Gasteiger partial charge is 0.362 e. The number of hydrogen-bond donors (Lipinski definition) is 3. The molecule has 0 aliphatic carbocycles. The fourth-order valence-electron chi connectivity index (χ4n) is 2.67. The zero-order valence-corrected chi connectivity index (χ0v) is 14.4. The second-order valence-corrected chi connectivity index (χ2v) is 6.26. The molecule has 23 heavy (non-hydrogen) atoms. The quantitative estimate of drug-likeness (QED) is 0.603. The van der Waals surface area contributed by atoms with Crippen molar-refractivity contribution in [2.24, 2.45) is 0 Å². The number of rotatable bonds is 4. The number of aryl methyl sites for hydroxylation is 1. The third kappa shape index (κ3) is 3.84. The van der Waals surface area contributed by atoms with Crippen molar-refractivity contribution in [1.29, 1.82) is 0 Å². The van der Waals surface area contributed by atoms with Gasteiger partial charge in [0.25, 0.3) is 0 Å². The van der Waals surface area contributed by atoms with Gasteiger partial charge in [0.15, 0.2) is 5.11 Å². The number of aromatic amines is 1. The van der Waals surface area contributed by atoms with Crippen molar-refractivity contribution in [2.45, 2.75) is 13.3 Å². The first-order chi connectivity index (χ1) is 11.1. The van der Waals surface area contributed by atoms with Crippen molar-refractivity contribution in [3.05, 3.63) is 64.8 Å². The van der Waals surface area contributed by atoms with E-state index in [1.54, 1.807) is 0 Å². The molecule has 0 bridgehead atoms. The molecule has 2 aromatic carbocycles. The van der Waals surface area contributed by atoms with Crippen molar-refractivity contribution in [3.63, 3.8) is 0 Å². The standard InChI is InChI=1S/C18H18ClN3S/c1-12-15(16-11-13(19)7-8-17(16)21-12)9-10-20-18(23)22-14-5-3-2-4-6-14/h2-8,11,21H,9-10H2,1H3,(H2,20,22,23). The normalized spacial score (nSPS) is 10.7. The summed E-state index contributed by atoms with van der Waals surface area (Å²) in [6.45, 7) is 2.85. The highest BCUT2D eigenvalue weighted by Gasteiger charge is 2.09. The summed E-state index contributed by atoms with van der Waals surface area (Å²) in [6, 6.07) is 15.8. The molecule has 3 nitrogen and oxygen atoms in total. The SMILES string of the molecule is Cc1[nH]c2ccc(Cl)cc2c1CCNC(=S)Nc1ccccc1.